The smallest absolute Gasteiger partial charge is 0.305 e. The van der Waals surface area contributed by atoms with Crippen LogP contribution >= 0.6 is 0 Å². The molecule has 0 aromatic carbocycles. The molecule has 1 aliphatic heterocycles. The lowest BCUT2D eigenvalue weighted by molar-refractivity contribution is -0.180. The number of hydrogen-bond acceptors (Lipinski definition) is 6. The van der Waals surface area contributed by atoms with Crippen molar-refractivity contribution in [2.24, 2.45) is 11.8 Å². The van der Waals surface area contributed by atoms with Crippen LogP contribution in [0.3, 0.4) is 0 Å². The summed E-state index contributed by atoms with van der Waals surface area (Å²) in [6.45, 7) is 13.5. The lowest BCUT2D eigenvalue weighted by Gasteiger charge is -2.29. The van der Waals surface area contributed by atoms with Gasteiger partial charge in [0.05, 0.1) is 19.3 Å². The molecule has 0 spiro atoms. The maximum absolute atomic E-state index is 12.4. The summed E-state index contributed by atoms with van der Waals surface area (Å²) in [6, 6.07) is 0. The lowest BCUT2D eigenvalue weighted by atomic mass is 9.92. The minimum Gasteiger partial charge on any atom is -0.466 e. The Morgan fingerprint density at radius 2 is 1.02 bits per heavy atom. The molecule has 0 aromatic rings. The van der Waals surface area contributed by atoms with Crippen LogP contribution in [0.25, 0.3) is 0 Å². The third-order valence-electron chi connectivity index (χ3n) is 12.7. The second-order valence-electron chi connectivity index (χ2n) is 18.5. The molecule has 1 heterocycles. The van der Waals surface area contributed by atoms with E-state index in [1.807, 2.05) is 0 Å². The van der Waals surface area contributed by atoms with E-state index in [9.17, 15) is 4.79 Å². The van der Waals surface area contributed by atoms with Crippen LogP contribution in [-0.2, 0) is 23.7 Å². The Bertz CT molecular complexity index is 833. The number of esters is 1. The molecule has 2 unspecified atom stereocenters. The van der Waals surface area contributed by atoms with Crippen molar-refractivity contribution >= 4 is 5.97 Å². The van der Waals surface area contributed by atoms with Gasteiger partial charge in [0.15, 0.2) is 5.79 Å². The molecule has 0 N–H and O–H groups in total. The molecule has 1 aliphatic rings. The molecule has 0 aliphatic carbocycles. The van der Waals surface area contributed by atoms with Crippen LogP contribution in [0.5, 0.6) is 0 Å². The second-order valence-corrected chi connectivity index (χ2v) is 18.5. The maximum Gasteiger partial charge on any atom is 0.305 e. The van der Waals surface area contributed by atoms with E-state index < -0.39 is 0 Å². The highest BCUT2D eigenvalue weighted by molar-refractivity contribution is 5.69. The van der Waals surface area contributed by atoms with Crippen molar-refractivity contribution in [3.8, 4) is 0 Å². The lowest BCUT2D eigenvalue weighted by Crippen LogP contribution is -2.31. The van der Waals surface area contributed by atoms with Crippen LogP contribution in [0.2, 0.25) is 0 Å². The van der Waals surface area contributed by atoms with Gasteiger partial charge in [-0.2, -0.15) is 0 Å². The van der Waals surface area contributed by atoms with Crippen molar-refractivity contribution in [1.29, 1.82) is 0 Å². The SMILES string of the molecule is CCCCCC(CCCCC)CCOCCCCCCCCCC1(CCCCCCCCC(=O)OCCC(CCCCC)CCCCC)OCC(CCN(C)C)O1. The highest BCUT2D eigenvalue weighted by atomic mass is 16.7. The van der Waals surface area contributed by atoms with Gasteiger partial charge in [-0.3, -0.25) is 4.79 Å². The molecule has 57 heavy (non-hydrogen) atoms. The Labute approximate surface area is 356 Å². The fourth-order valence-corrected chi connectivity index (χ4v) is 8.76. The summed E-state index contributed by atoms with van der Waals surface area (Å²) >= 11 is 0. The van der Waals surface area contributed by atoms with Crippen LogP contribution in [0.1, 0.15) is 252 Å². The molecule has 0 radical (unpaired) electrons. The summed E-state index contributed by atoms with van der Waals surface area (Å²) in [5, 5.41) is 0. The minimum atomic E-state index is -0.381. The summed E-state index contributed by atoms with van der Waals surface area (Å²) in [7, 11) is 4.28. The molecule has 6 heteroatoms. The Hall–Kier alpha value is -0.690. The molecule has 0 bridgehead atoms. The first-order chi connectivity index (χ1) is 27.9. The van der Waals surface area contributed by atoms with E-state index in [0.29, 0.717) is 13.0 Å². The zero-order chi connectivity index (χ0) is 41.5. The van der Waals surface area contributed by atoms with Crippen LogP contribution in [0.15, 0.2) is 0 Å². The molecule has 0 saturated carbocycles. The highest BCUT2D eigenvalue weighted by Crippen LogP contribution is 2.36. The number of rotatable bonds is 44. The topological polar surface area (TPSA) is 57.2 Å². The Kier molecular flexibility index (Phi) is 37.6. The fraction of sp³-hybridized carbons (Fsp3) is 0.980. The summed E-state index contributed by atoms with van der Waals surface area (Å²) in [6.07, 6.45) is 43.3. The quantitative estimate of drug-likeness (QED) is 0.0451. The molecule has 1 rings (SSSR count). The van der Waals surface area contributed by atoms with Crippen molar-refractivity contribution in [2.75, 3.05) is 47.1 Å². The minimum absolute atomic E-state index is 0.00633. The molecule has 1 fully saturated rings. The van der Waals surface area contributed by atoms with Gasteiger partial charge in [0.2, 0.25) is 0 Å². The Morgan fingerprint density at radius 3 is 1.51 bits per heavy atom. The van der Waals surface area contributed by atoms with E-state index in [1.165, 1.54) is 173 Å². The molecular formula is C51H101NO5. The average molecular weight is 808 g/mol. The molecule has 6 nitrogen and oxygen atoms in total. The first-order valence-electron chi connectivity index (χ1n) is 25.6. The van der Waals surface area contributed by atoms with Crippen LogP contribution in [0, 0.1) is 11.8 Å². The van der Waals surface area contributed by atoms with Gasteiger partial charge >= 0.3 is 5.97 Å². The van der Waals surface area contributed by atoms with Gasteiger partial charge in [-0.15, -0.1) is 0 Å². The Morgan fingerprint density at radius 1 is 0.561 bits per heavy atom. The number of unbranched alkanes of at least 4 members (excludes halogenated alkanes) is 19. The fourth-order valence-electron chi connectivity index (χ4n) is 8.76. The predicted octanol–water partition coefficient (Wildman–Crippen LogP) is 15.2. The second kappa shape index (κ2) is 39.4. The first-order valence-corrected chi connectivity index (χ1v) is 25.6. The van der Waals surface area contributed by atoms with E-state index in [1.54, 1.807) is 0 Å². The summed E-state index contributed by atoms with van der Waals surface area (Å²) in [5.41, 5.74) is 0. The zero-order valence-corrected chi connectivity index (χ0v) is 39.5. The summed E-state index contributed by atoms with van der Waals surface area (Å²) < 4.78 is 25.0. The normalized spacial score (nSPS) is 17.2. The highest BCUT2D eigenvalue weighted by Gasteiger charge is 2.40. The number of carbonyl (C=O) groups excluding carboxylic acids is 1. The molecule has 0 aromatic heterocycles. The van der Waals surface area contributed by atoms with Gasteiger partial charge in [-0.05, 0) is 70.9 Å². The monoisotopic (exact) mass is 808 g/mol. The average Bonchev–Trinajstić information content (AvgIpc) is 3.61. The predicted molar refractivity (Wildman–Crippen MR) is 245 cm³/mol. The first kappa shape index (κ1) is 54.3. The third-order valence-corrected chi connectivity index (χ3v) is 12.7. The van der Waals surface area contributed by atoms with Crippen molar-refractivity contribution in [3.05, 3.63) is 0 Å². The number of hydrogen-bond donors (Lipinski definition) is 0. The largest absolute Gasteiger partial charge is 0.466 e. The van der Waals surface area contributed by atoms with Gasteiger partial charge < -0.3 is 23.8 Å². The zero-order valence-electron chi connectivity index (χ0n) is 39.5. The van der Waals surface area contributed by atoms with E-state index in [0.717, 1.165) is 83.1 Å². The van der Waals surface area contributed by atoms with Gasteiger partial charge in [0, 0.05) is 39.0 Å². The number of carbonyl (C=O) groups is 1. The molecular weight excluding hydrogens is 707 g/mol. The number of nitrogens with zero attached hydrogens (tertiary/aromatic N) is 1. The molecule has 2 atom stereocenters. The molecule has 1 saturated heterocycles. The molecule has 0 amide bonds. The maximum atomic E-state index is 12.4. The van der Waals surface area contributed by atoms with Gasteiger partial charge in [0.25, 0.3) is 0 Å². The van der Waals surface area contributed by atoms with E-state index in [4.69, 9.17) is 18.9 Å². The van der Waals surface area contributed by atoms with Crippen LogP contribution < -0.4 is 0 Å². The van der Waals surface area contributed by atoms with E-state index >= 15 is 0 Å². The van der Waals surface area contributed by atoms with Gasteiger partial charge in [0.1, 0.15) is 0 Å². The van der Waals surface area contributed by atoms with E-state index in [-0.39, 0.29) is 17.9 Å². The van der Waals surface area contributed by atoms with Crippen LogP contribution in [0.4, 0.5) is 0 Å². The molecule has 340 valence electrons. The van der Waals surface area contributed by atoms with E-state index in [2.05, 4.69) is 46.7 Å². The van der Waals surface area contributed by atoms with Crippen molar-refractivity contribution < 1.29 is 23.7 Å². The van der Waals surface area contributed by atoms with Crippen molar-refractivity contribution in [3.63, 3.8) is 0 Å². The van der Waals surface area contributed by atoms with Crippen LogP contribution in [-0.4, -0.2) is 69.8 Å². The number of ether oxygens (including phenoxy) is 4. The summed E-state index contributed by atoms with van der Waals surface area (Å²) in [5.74, 6) is 1.22. The Balaban J connectivity index is 2.22. The van der Waals surface area contributed by atoms with Crippen molar-refractivity contribution in [1.82, 2.24) is 4.90 Å². The standard InChI is InChI=1S/C51H101NO5/c1-7-11-24-32-47(33-25-12-8-2)38-44-54-43-31-23-19-15-17-21-29-40-51(56-46-49(57-51)37-42-52(5)6)41-30-22-18-16-20-28-36-50(53)55-45-39-48(34-26-13-9-3)35-27-14-10-4/h47-49H,7-46H2,1-6H3. The third kappa shape index (κ3) is 32.7. The summed E-state index contributed by atoms with van der Waals surface area (Å²) in [4.78, 5) is 14.7. The van der Waals surface area contributed by atoms with Crippen molar-refractivity contribution in [2.45, 2.75) is 264 Å². The van der Waals surface area contributed by atoms with Gasteiger partial charge in [-0.1, -0.05) is 188 Å². The van der Waals surface area contributed by atoms with Gasteiger partial charge in [-0.25, -0.2) is 0 Å².